The van der Waals surface area contributed by atoms with E-state index in [0.29, 0.717) is 11.4 Å². The van der Waals surface area contributed by atoms with E-state index in [9.17, 15) is 14.7 Å². The lowest BCUT2D eigenvalue weighted by atomic mass is 10.1. The van der Waals surface area contributed by atoms with Gasteiger partial charge in [-0.05, 0) is 38.5 Å². The number of carbonyl (C=O) groups excluding carboxylic acids is 1. The molecule has 0 saturated heterocycles. The Morgan fingerprint density at radius 2 is 1.95 bits per heavy atom. The Labute approximate surface area is 115 Å². The molecule has 2 rings (SSSR count). The maximum absolute atomic E-state index is 11.9. The van der Waals surface area contributed by atoms with Crippen molar-refractivity contribution in [3.05, 3.63) is 51.4 Å². The molecule has 0 amide bonds. The van der Waals surface area contributed by atoms with E-state index in [2.05, 4.69) is 5.32 Å². The van der Waals surface area contributed by atoms with Crippen molar-refractivity contribution in [2.75, 3.05) is 5.32 Å². The Kier molecular flexibility index (Phi) is 3.61. The van der Waals surface area contributed by atoms with Gasteiger partial charge in [-0.25, -0.2) is 0 Å². The molecule has 0 aliphatic carbocycles. The molecule has 2 N–H and O–H groups in total. The molecule has 5 heteroatoms. The van der Waals surface area contributed by atoms with Crippen LogP contribution in [-0.4, -0.2) is 10.9 Å². The lowest BCUT2D eigenvalue weighted by molar-refractivity contribution is 0.101. The molecule has 0 aliphatic heterocycles. The number of carbonyl (C=O) groups is 1. The van der Waals surface area contributed by atoms with Gasteiger partial charge in [-0.15, -0.1) is 0 Å². The third-order valence-corrected chi connectivity index (χ3v) is 2.82. The molecule has 0 unspecified atom stereocenters. The second-order valence-electron chi connectivity index (χ2n) is 4.63. The van der Waals surface area contributed by atoms with Crippen molar-refractivity contribution in [2.45, 2.75) is 20.8 Å². The van der Waals surface area contributed by atoms with Crippen LogP contribution >= 0.6 is 0 Å². The lowest BCUT2D eigenvalue weighted by Crippen LogP contribution is -2.15. The van der Waals surface area contributed by atoms with Crippen LogP contribution in [-0.2, 0) is 0 Å². The van der Waals surface area contributed by atoms with Gasteiger partial charge < -0.3 is 14.8 Å². The molecular weight excluding hydrogens is 258 g/mol. The number of Topliss-reactive ketones (excluding diaryl/α,β-unsaturated/α-hetero) is 1. The van der Waals surface area contributed by atoms with Crippen LogP contribution in [0.25, 0.3) is 0 Å². The second kappa shape index (κ2) is 5.21. The van der Waals surface area contributed by atoms with Crippen molar-refractivity contribution in [3.8, 4) is 5.75 Å². The largest absolute Gasteiger partial charge is 0.506 e. The predicted octanol–water partition coefficient (Wildman–Crippen LogP) is 2.91. The van der Waals surface area contributed by atoms with Gasteiger partial charge in [0.05, 0.1) is 5.69 Å². The van der Waals surface area contributed by atoms with Crippen LogP contribution < -0.4 is 10.7 Å². The molecule has 104 valence electrons. The summed E-state index contributed by atoms with van der Waals surface area (Å²) in [6.07, 6.45) is 0. The molecule has 1 heterocycles. The molecule has 20 heavy (non-hydrogen) atoms. The van der Waals surface area contributed by atoms with Gasteiger partial charge in [0, 0.05) is 6.07 Å². The van der Waals surface area contributed by atoms with E-state index in [1.165, 1.54) is 19.1 Å². The fourth-order valence-corrected chi connectivity index (χ4v) is 1.90. The highest BCUT2D eigenvalue weighted by Gasteiger charge is 2.16. The average Bonchev–Trinajstić information content (AvgIpc) is 2.32. The number of hydrogen-bond donors (Lipinski definition) is 2. The number of hydrogen-bond acceptors (Lipinski definition) is 5. The van der Waals surface area contributed by atoms with Crippen LogP contribution in [0.4, 0.5) is 11.6 Å². The number of benzene rings is 1. The van der Waals surface area contributed by atoms with E-state index in [0.717, 1.165) is 5.56 Å². The zero-order valence-corrected chi connectivity index (χ0v) is 11.5. The molecule has 2 aromatic rings. The van der Waals surface area contributed by atoms with Crippen LogP contribution in [0.2, 0.25) is 0 Å². The zero-order chi connectivity index (χ0) is 14.9. The number of anilines is 2. The molecule has 1 aromatic carbocycles. The van der Waals surface area contributed by atoms with Crippen LogP contribution in [0.15, 0.2) is 33.5 Å². The minimum atomic E-state index is -0.407. The third-order valence-electron chi connectivity index (χ3n) is 2.82. The first kappa shape index (κ1) is 13.9. The lowest BCUT2D eigenvalue weighted by Gasteiger charge is -2.11. The van der Waals surface area contributed by atoms with E-state index < -0.39 is 11.2 Å². The molecule has 0 radical (unpaired) electrons. The maximum atomic E-state index is 11.9. The summed E-state index contributed by atoms with van der Waals surface area (Å²) in [5, 5.41) is 12.6. The number of phenolic OH excluding ortho intramolecular Hbond substituents is 1. The fraction of sp³-hybridized carbons (Fsp3) is 0.200. The smallest absolute Gasteiger partial charge is 0.212 e. The molecule has 0 spiro atoms. The Hall–Kier alpha value is -2.56. The number of rotatable bonds is 3. The van der Waals surface area contributed by atoms with Crippen LogP contribution in [0, 0.1) is 13.8 Å². The number of nitrogens with one attached hydrogen (secondary N) is 1. The molecular formula is C15H15NO4. The first-order valence-electron chi connectivity index (χ1n) is 6.11. The summed E-state index contributed by atoms with van der Waals surface area (Å²) in [5.41, 5.74) is 0.832. The van der Waals surface area contributed by atoms with Crippen molar-refractivity contribution in [1.29, 1.82) is 0 Å². The van der Waals surface area contributed by atoms with E-state index in [4.69, 9.17) is 4.42 Å². The molecule has 0 fully saturated rings. The fourth-order valence-electron chi connectivity index (χ4n) is 1.90. The maximum Gasteiger partial charge on any atom is 0.212 e. The number of ketones is 1. The van der Waals surface area contributed by atoms with Gasteiger partial charge in [-0.1, -0.05) is 6.07 Å². The number of aromatic hydroxyl groups is 1. The van der Waals surface area contributed by atoms with E-state index in [1.807, 2.05) is 6.92 Å². The Balaban J connectivity index is 2.56. The molecule has 1 aromatic heterocycles. The van der Waals surface area contributed by atoms with Crippen molar-refractivity contribution >= 4 is 17.4 Å². The van der Waals surface area contributed by atoms with E-state index in [-0.39, 0.29) is 17.2 Å². The summed E-state index contributed by atoms with van der Waals surface area (Å²) in [6, 6.07) is 6.23. The van der Waals surface area contributed by atoms with Gasteiger partial charge in [0.15, 0.2) is 11.2 Å². The number of phenols is 1. The zero-order valence-electron chi connectivity index (χ0n) is 11.5. The summed E-state index contributed by atoms with van der Waals surface area (Å²) in [6.45, 7) is 4.78. The molecule has 0 atom stereocenters. The Bertz CT molecular complexity index is 731. The monoisotopic (exact) mass is 273 g/mol. The average molecular weight is 273 g/mol. The summed E-state index contributed by atoms with van der Waals surface area (Å²) >= 11 is 0. The summed E-state index contributed by atoms with van der Waals surface area (Å²) < 4.78 is 5.41. The van der Waals surface area contributed by atoms with Gasteiger partial charge in [-0.2, -0.15) is 0 Å². The van der Waals surface area contributed by atoms with Gasteiger partial charge in [0.25, 0.3) is 0 Å². The molecule has 5 nitrogen and oxygen atoms in total. The first-order chi connectivity index (χ1) is 9.38. The van der Waals surface area contributed by atoms with E-state index in [1.54, 1.807) is 19.1 Å². The van der Waals surface area contributed by atoms with Crippen molar-refractivity contribution < 1.29 is 14.3 Å². The number of aryl methyl sites for hydroxylation is 2. The van der Waals surface area contributed by atoms with Crippen LogP contribution in [0.5, 0.6) is 5.75 Å². The normalized spacial score (nSPS) is 10.3. The minimum absolute atomic E-state index is 0.00857. The highest BCUT2D eigenvalue weighted by molar-refractivity contribution is 5.98. The summed E-state index contributed by atoms with van der Waals surface area (Å²) in [5.74, 6) is 0.0423. The quantitative estimate of drug-likeness (QED) is 0.664. The molecule has 0 saturated carbocycles. The molecule has 0 bridgehead atoms. The first-order valence-corrected chi connectivity index (χ1v) is 6.11. The van der Waals surface area contributed by atoms with Crippen molar-refractivity contribution in [1.82, 2.24) is 0 Å². The van der Waals surface area contributed by atoms with Crippen LogP contribution in [0.1, 0.15) is 28.6 Å². The third kappa shape index (κ3) is 2.71. The van der Waals surface area contributed by atoms with Gasteiger partial charge in [0.2, 0.25) is 5.88 Å². The summed E-state index contributed by atoms with van der Waals surface area (Å²) in [7, 11) is 0. The Morgan fingerprint density at radius 1 is 1.25 bits per heavy atom. The molecule has 0 aliphatic rings. The SMILES string of the molecule is CC(=O)c1c(Nc2cc(C)ccc2O)oc(C)cc1=O. The van der Waals surface area contributed by atoms with E-state index >= 15 is 0 Å². The van der Waals surface area contributed by atoms with Crippen molar-refractivity contribution in [2.24, 2.45) is 0 Å². The van der Waals surface area contributed by atoms with Crippen molar-refractivity contribution in [3.63, 3.8) is 0 Å². The standard InChI is InChI=1S/C15H15NO4/c1-8-4-5-12(18)11(6-8)16-15-14(10(3)17)13(19)7-9(2)20-15/h4-7,16,18H,1-3H3. The predicted molar refractivity (Wildman–Crippen MR) is 75.8 cm³/mol. The van der Waals surface area contributed by atoms with Gasteiger partial charge in [0.1, 0.15) is 17.1 Å². The Morgan fingerprint density at radius 3 is 2.60 bits per heavy atom. The van der Waals surface area contributed by atoms with Gasteiger partial charge in [-0.3, -0.25) is 9.59 Å². The summed E-state index contributed by atoms with van der Waals surface area (Å²) in [4.78, 5) is 23.4. The highest BCUT2D eigenvalue weighted by atomic mass is 16.4. The topological polar surface area (TPSA) is 79.5 Å². The highest BCUT2D eigenvalue weighted by Crippen LogP contribution is 2.28. The minimum Gasteiger partial charge on any atom is -0.506 e. The van der Waals surface area contributed by atoms with Gasteiger partial charge >= 0.3 is 0 Å². The second-order valence-corrected chi connectivity index (χ2v) is 4.63. The van der Waals surface area contributed by atoms with Crippen LogP contribution in [0.3, 0.4) is 0 Å².